The van der Waals surface area contributed by atoms with Gasteiger partial charge in [-0.25, -0.2) is 4.79 Å². The second-order valence-corrected chi connectivity index (χ2v) is 8.65. The summed E-state index contributed by atoms with van der Waals surface area (Å²) in [7, 11) is 0. The van der Waals surface area contributed by atoms with Gasteiger partial charge in [0.2, 0.25) is 11.8 Å². The molecular formula is C24H29N3O6. The van der Waals surface area contributed by atoms with E-state index >= 15 is 0 Å². The summed E-state index contributed by atoms with van der Waals surface area (Å²) in [6.07, 6.45) is 0.516. The zero-order valence-corrected chi connectivity index (χ0v) is 18.6. The molecule has 6 N–H and O–H groups in total. The van der Waals surface area contributed by atoms with Crippen LogP contribution in [0.2, 0.25) is 0 Å². The Balaban J connectivity index is 1.98. The summed E-state index contributed by atoms with van der Waals surface area (Å²) in [6, 6.07) is 8.33. The number of nitrogens with one attached hydrogen (secondary N) is 2. The van der Waals surface area contributed by atoms with Gasteiger partial charge < -0.3 is 31.3 Å². The molecule has 2 amide bonds. The van der Waals surface area contributed by atoms with Crippen molar-refractivity contribution in [1.82, 2.24) is 10.6 Å². The number of hydrogen-bond donors (Lipinski definition) is 5. The third-order valence-corrected chi connectivity index (χ3v) is 5.36. The summed E-state index contributed by atoms with van der Waals surface area (Å²) >= 11 is 0. The molecule has 4 bridgehead atoms. The number of rotatable bonds is 3. The molecule has 3 atom stereocenters. The molecule has 0 spiro atoms. The predicted octanol–water partition coefficient (Wildman–Crippen LogP) is 1.71. The van der Waals surface area contributed by atoms with Crippen molar-refractivity contribution in [3.05, 3.63) is 53.6 Å². The molecule has 9 heteroatoms. The van der Waals surface area contributed by atoms with Gasteiger partial charge in [0.05, 0.1) is 6.04 Å². The van der Waals surface area contributed by atoms with Gasteiger partial charge in [0.1, 0.15) is 17.8 Å². The van der Waals surface area contributed by atoms with E-state index in [4.69, 9.17) is 10.5 Å². The van der Waals surface area contributed by atoms with Gasteiger partial charge in [-0.1, -0.05) is 32.0 Å². The summed E-state index contributed by atoms with van der Waals surface area (Å²) in [5, 5.41) is 25.0. The number of carboxylic acid groups (broad SMARTS) is 1. The largest absolute Gasteiger partial charge is 0.504 e. The first kappa shape index (κ1) is 24.1. The lowest BCUT2D eigenvalue weighted by atomic mass is 10.00. The van der Waals surface area contributed by atoms with E-state index in [0.717, 1.165) is 0 Å². The summed E-state index contributed by atoms with van der Waals surface area (Å²) in [5.74, 6) is -1.66. The molecule has 0 saturated heterocycles. The molecule has 2 aliphatic rings. The molecule has 2 aliphatic heterocycles. The topological polar surface area (TPSA) is 151 Å². The van der Waals surface area contributed by atoms with Crippen LogP contribution in [0.4, 0.5) is 0 Å². The Hall–Kier alpha value is -3.59. The normalized spacial score (nSPS) is 21.6. The average Bonchev–Trinajstić information content (AvgIpc) is 2.75. The van der Waals surface area contributed by atoms with Crippen LogP contribution in [0.3, 0.4) is 0 Å². The number of carbonyl (C=O) groups excluding carboxylic acids is 2. The average molecular weight is 456 g/mol. The van der Waals surface area contributed by atoms with Crippen molar-refractivity contribution in [2.75, 3.05) is 0 Å². The summed E-state index contributed by atoms with van der Waals surface area (Å²) < 4.78 is 5.76. The smallest absolute Gasteiger partial charge is 0.326 e. The standard InChI is InChI=1S/C24H29N3O6/c1-13(2)9-18-23(30)27-19(24(31)32)11-14-3-6-16(7-4-14)33-21-12-15(5-8-20(21)28)10-17(25)22(29)26-18/h3-8,12-13,17-19,28H,9-11,25H2,1-2H3,(H,26,29)(H,27,30)(H,31,32)/t17-,18-,19-/m1/s1. The third-order valence-electron chi connectivity index (χ3n) is 5.36. The lowest BCUT2D eigenvalue weighted by Crippen LogP contribution is -2.55. The van der Waals surface area contributed by atoms with Gasteiger partial charge in [0.25, 0.3) is 0 Å². The fraction of sp³-hybridized carbons (Fsp3) is 0.375. The first-order valence-electron chi connectivity index (χ1n) is 10.8. The molecular weight excluding hydrogens is 426 g/mol. The van der Waals surface area contributed by atoms with Gasteiger partial charge in [0, 0.05) is 6.42 Å². The van der Waals surface area contributed by atoms with Crippen molar-refractivity contribution >= 4 is 17.8 Å². The molecule has 0 saturated carbocycles. The molecule has 2 aromatic rings. The molecule has 0 aromatic heterocycles. The number of phenols is 1. The minimum absolute atomic E-state index is 0.0456. The van der Waals surface area contributed by atoms with Crippen LogP contribution >= 0.6 is 0 Å². The summed E-state index contributed by atoms with van der Waals surface area (Å²) in [4.78, 5) is 37.5. The van der Waals surface area contributed by atoms with Crippen LogP contribution in [-0.4, -0.2) is 46.1 Å². The zero-order chi connectivity index (χ0) is 24.1. The van der Waals surface area contributed by atoms with E-state index in [1.165, 1.54) is 6.07 Å². The Kier molecular flexibility index (Phi) is 7.55. The van der Waals surface area contributed by atoms with Crippen LogP contribution in [-0.2, 0) is 27.2 Å². The number of nitrogens with two attached hydrogens (primary N) is 1. The quantitative estimate of drug-likeness (QED) is 0.473. The number of carboxylic acids is 1. The molecule has 2 heterocycles. The lowest BCUT2D eigenvalue weighted by Gasteiger charge is -2.24. The number of phenolic OH excluding ortho intramolecular Hbond substituents is 1. The van der Waals surface area contributed by atoms with Crippen LogP contribution in [0.15, 0.2) is 42.5 Å². The number of carbonyl (C=O) groups is 3. The second-order valence-electron chi connectivity index (χ2n) is 8.65. The molecule has 0 unspecified atom stereocenters. The maximum absolute atomic E-state index is 12.9. The maximum atomic E-state index is 12.9. The van der Waals surface area contributed by atoms with Crippen LogP contribution in [0.25, 0.3) is 0 Å². The number of benzene rings is 2. The number of aliphatic carboxylic acids is 1. The molecule has 9 nitrogen and oxygen atoms in total. The minimum Gasteiger partial charge on any atom is -0.504 e. The van der Waals surface area contributed by atoms with Crippen molar-refractivity contribution in [3.63, 3.8) is 0 Å². The molecule has 0 radical (unpaired) electrons. The van der Waals surface area contributed by atoms with Crippen molar-refractivity contribution < 1.29 is 29.3 Å². The van der Waals surface area contributed by atoms with Crippen LogP contribution < -0.4 is 21.1 Å². The highest BCUT2D eigenvalue weighted by Gasteiger charge is 2.29. The number of fused-ring (bicyclic) bond motifs is 10. The molecule has 0 aliphatic carbocycles. The second kappa shape index (κ2) is 10.4. The van der Waals surface area contributed by atoms with E-state index in [2.05, 4.69) is 10.6 Å². The number of aromatic hydroxyl groups is 1. The predicted molar refractivity (Wildman–Crippen MR) is 121 cm³/mol. The van der Waals surface area contributed by atoms with Gasteiger partial charge in [-0.15, -0.1) is 0 Å². The first-order chi connectivity index (χ1) is 15.6. The van der Waals surface area contributed by atoms with E-state index < -0.39 is 35.9 Å². The van der Waals surface area contributed by atoms with Gasteiger partial charge in [-0.3, -0.25) is 9.59 Å². The van der Waals surface area contributed by atoms with E-state index in [1.807, 2.05) is 13.8 Å². The van der Waals surface area contributed by atoms with Crippen molar-refractivity contribution in [2.45, 2.75) is 51.2 Å². The number of ether oxygens (including phenoxy) is 1. The summed E-state index contributed by atoms with van der Waals surface area (Å²) in [5.41, 5.74) is 7.43. The Labute approximate surface area is 191 Å². The summed E-state index contributed by atoms with van der Waals surface area (Å²) in [6.45, 7) is 3.80. The Morgan fingerprint density at radius 2 is 1.73 bits per heavy atom. The molecule has 33 heavy (non-hydrogen) atoms. The molecule has 0 fully saturated rings. The Morgan fingerprint density at radius 3 is 2.36 bits per heavy atom. The monoisotopic (exact) mass is 455 g/mol. The molecule has 2 aromatic carbocycles. The highest BCUT2D eigenvalue weighted by Crippen LogP contribution is 2.32. The number of amides is 2. The Morgan fingerprint density at radius 1 is 1.06 bits per heavy atom. The van der Waals surface area contributed by atoms with Gasteiger partial charge in [-0.05, 0) is 54.2 Å². The number of hydrogen-bond acceptors (Lipinski definition) is 6. The van der Waals surface area contributed by atoms with Crippen LogP contribution in [0, 0.1) is 5.92 Å². The molecule has 4 rings (SSSR count). The van der Waals surface area contributed by atoms with E-state index in [9.17, 15) is 24.6 Å². The highest BCUT2D eigenvalue weighted by molar-refractivity contribution is 5.92. The van der Waals surface area contributed by atoms with Crippen molar-refractivity contribution in [1.29, 1.82) is 0 Å². The fourth-order valence-electron chi connectivity index (χ4n) is 3.62. The van der Waals surface area contributed by atoms with E-state index in [-0.39, 0.29) is 30.3 Å². The lowest BCUT2D eigenvalue weighted by molar-refractivity contribution is -0.142. The van der Waals surface area contributed by atoms with Gasteiger partial charge in [-0.2, -0.15) is 0 Å². The van der Waals surface area contributed by atoms with Gasteiger partial charge in [0.15, 0.2) is 11.5 Å². The maximum Gasteiger partial charge on any atom is 0.326 e. The van der Waals surface area contributed by atoms with Crippen molar-refractivity contribution in [3.8, 4) is 17.2 Å². The van der Waals surface area contributed by atoms with E-state index in [0.29, 0.717) is 23.3 Å². The van der Waals surface area contributed by atoms with E-state index in [1.54, 1.807) is 36.4 Å². The fourth-order valence-corrected chi connectivity index (χ4v) is 3.62. The molecule has 176 valence electrons. The van der Waals surface area contributed by atoms with Crippen LogP contribution in [0.1, 0.15) is 31.4 Å². The van der Waals surface area contributed by atoms with Crippen LogP contribution in [0.5, 0.6) is 17.2 Å². The third kappa shape index (κ3) is 6.45. The Bertz CT molecular complexity index is 1020. The minimum atomic E-state index is -1.19. The zero-order valence-electron chi connectivity index (χ0n) is 18.6. The first-order valence-corrected chi connectivity index (χ1v) is 10.8. The SMILES string of the molecule is CC(C)C[C@H]1NC(=O)[C@H](N)Cc2ccc(O)c(c2)Oc2ccc(cc2)C[C@H](C(=O)O)NC1=O. The van der Waals surface area contributed by atoms with Crippen molar-refractivity contribution in [2.24, 2.45) is 11.7 Å². The highest BCUT2D eigenvalue weighted by atomic mass is 16.5. The van der Waals surface area contributed by atoms with Gasteiger partial charge >= 0.3 is 5.97 Å².